The molecule has 0 atom stereocenters. The van der Waals surface area contributed by atoms with Crippen molar-refractivity contribution in [3.63, 3.8) is 0 Å². The van der Waals surface area contributed by atoms with Gasteiger partial charge in [-0.05, 0) is 80.1 Å². The quantitative estimate of drug-likeness (QED) is 0.797. The molecule has 0 spiro atoms. The largest absolute Gasteiger partial charge is 0.349 e. The lowest BCUT2D eigenvalue weighted by Gasteiger charge is -2.34. The molecule has 0 unspecified atom stereocenters. The summed E-state index contributed by atoms with van der Waals surface area (Å²) in [6.45, 7) is 6.34. The molecule has 1 fully saturated rings. The van der Waals surface area contributed by atoms with Gasteiger partial charge >= 0.3 is 0 Å². The van der Waals surface area contributed by atoms with Crippen LogP contribution in [0.2, 0.25) is 0 Å². The Labute approximate surface area is 150 Å². The molecule has 1 N–H and O–H groups in total. The number of nitrogens with zero attached hydrogens (tertiary/aromatic N) is 1. The first kappa shape index (κ1) is 17.0. The lowest BCUT2D eigenvalue weighted by molar-refractivity contribution is 0.268. The molecule has 24 heavy (non-hydrogen) atoms. The molecule has 0 amide bonds. The van der Waals surface area contributed by atoms with Crippen molar-refractivity contribution in [3.05, 3.63) is 65.2 Å². The van der Waals surface area contributed by atoms with E-state index in [0.717, 1.165) is 29.8 Å². The van der Waals surface area contributed by atoms with Crippen LogP contribution in [0.3, 0.4) is 0 Å². The summed E-state index contributed by atoms with van der Waals surface area (Å²) in [5, 5.41) is 4.27. The van der Waals surface area contributed by atoms with Crippen molar-refractivity contribution < 1.29 is 0 Å². The topological polar surface area (TPSA) is 15.3 Å². The molecule has 0 bridgehead atoms. The third kappa shape index (κ3) is 4.57. The van der Waals surface area contributed by atoms with E-state index in [2.05, 4.69) is 72.6 Å². The van der Waals surface area contributed by atoms with E-state index >= 15 is 0 Å². The van der Waals surface area contributed by atoms with Gasteiger partial charge in [0.25, 0.3) is 0 Å². The van der Waals surface area contributed by atoms with Gasteiger partial charge in [0.05, 0.1) is 0 Å². The van der Waals surface area contributed by atoms with Gasteiger partial charge in [-0.15, -0.1) is 0 Å². The molecule has 3 rings (SSSR count). The Morgan fingerprint density at radius 1 is 1.04 bits per heavy atom. The average Bonchev–Trinajstić information content (AvgIpc) is 2.55. The number of benzene rings is 2. The number of aryl methyl sites for hydroxylation is 2. The molecule has 3 heteroatoms. The summed E-state index contributed by atoms with van der Waals surface area (Å²) < 4.78 is 0. The van der Waals surface area contributed by atoms with Crippen LogP contribution in [-0.2, 0) is 6.42 Å². The average molecular weight is 339 g/mol. The summed E-state index contributed by atoms with van der Waals surface area (Å²) in [5.41, 5.74) is 5.08. The zero-order valence-electron chi connectivity index (χ0n) is 14.6. The Kier molecular flexibility index (Phi) is 5.52. The van der Waals surface area contributed by atoms with E-state index in [0.29, 0.717) is 0 Å². The number of hydrogen-bond donors (Lipinski definition) is 1. The first-order chi connectivity index (χ1) is 11.6. The number of nitrogens with one attached hydrogen (secondary N) is 1. The van der Waals surface area contributed by atoms with Crippen LogP contribution in [0.1, 0.15) is 29.5 Å². The van der Waals surface area contributed by atoms with Crippen molar-refractivity contribution >= 4 is 23.0 Å². The van der Waals surface area contributed by atoms with Gasteiger partial charge in [0.2, 0.25) is 0 Å². The standard InChI is InChI=1S/C21H26N2S/c1-16-12-17(2)14-20(13-16)22-21(24)23-10-8-19(9-11-23)15-18-6-4-3-5-7-18/h3-7,12-14,19H,8-11,15H2,1-2H3,(H,22,24). The first-order valence-corrected chi connectivity index (χ1v) is 9.19. The first-order valence-electron chi connectivity index (χ1n) is 8.78. The molecule has 2 aromatic rings. The molecule has 1 heterocycles. The second-order valence-corrected chi connectivity index (χ2v) is 7.31. The summed E-state index contributed by atoms with van der Waals surface area (Å²) in [6, 6.07) is 17.3. The fourth-order valence-corrected chi connectivity index (χ4v) is 3.84. The van der Waals surface area contributed by atoms with E-state index in [1.807, 2.05) is 0 Å². The monoisotopic (exact) mass is 338 g/mol. The van der Waals surface area contributed by atoms with E-state index in [9.17, 15) is 0 Å². The zero-order valence-corrected chi connectivity index (χ0v) is 15.4. The van der Waals surface area contributed by atoms with Crippen molar-refractivity contribution in [2.24, 2.45) is 5.92 Å². The van der Waals surface area contributed by atoms with Crippen LogP contribution < -0.4 is 5.32 Å². The number of piperidine rings is 1. The molecule has 0 saturated carbocycles. The molecule has 0 radical (unpaired) electrons. The molecule has 2 nitrogen and oxygen atoms in total. The molecule has 126 valence electrons. The van der Waals surface area contributed by atoms with E-state index in [4.69, 9.17) is 12.2 Å². The fourth-order valence-electron chi connectivity index (χ4n) is 3.54. The van der Waals surface area contributed by atoms with Crippen LogP contribution in [-0.4, -0.2) is 23.1 Å². The Bertz CT molecular complexity index is 668. The predicted molar refractivity (Wildman–Crippen MR) is 107 cm³/mol. The van der Waals surface area contributed by atoms with Crippen LogP contribution in [0.4, 0.5) is 5.69 Å². The van der Waals surface area contributed by atoms with Crippen molar-refractivity contribution in [2.75, 3.05) is 18.4 Å². The van der Waals surface area contributed by atoms with E-state index < -0.39 is 0 Å². The third-order valence-corrected chi connectivity index (χ3v) is 5.10. The maximum Gasteiger partial charge on any atom is 0.173 e. The van der Waals surface area contributed by atoms with Gasteiger partial charge in [-0.25, -0.2) is 0 Å². The fraction of sp³-hybridized carbons (Fsp3) is 0.381. The van der Waals surface area contributed by atoms with Gasteiger partial charge in [0, 0.05) is 18.8 Å². The Morgan fingerprint density at radius 2 is 1.67 bits per heavy atom. The maximum atomic E-state index is 5.63. The van der Waals surface area contributed by atoms with Crippen molar-refractivity contribution in [1.82, 2.24) is 4.90 Å². The van der Waals surface area contributed by atoms with Gasteiger partial charge in [-0.1, -0.05) is 36.4 Å². The highest BCUT2D eigenvalue weighted by Crippen LogP contribution is 2.22. The van der Waals surface area contributed by atoms with Crippen molar-refractivity contribution in [3.8, 4) is 0 Å². The molecule has 0 aliphatic carbocycles. The van der Waals surface area contributed by atoms with E-state index in [1.54, 1.807) is 0 Å². The van der Waals surface area contributed by atoms with Crippen LogP contribution in [0, 0.1) is 19.8 Å². The number of likely N-dealkylation sites (tertiary alicyclic amines) is 1. The lowest BCUT2D eigenvalue weighted by atomic mass is 9.90. The zero-order chi connectivity index (χ0) is 16.9. The summed E-state index contributed by atoms with van der Waals surface area (Å²) in [7, 11) is 0. The summed E-state index contributed by atoms with van der Waals surface area (Å²) in [6.07, 6.45) is 3.61. The summed E-state index contributed by atoms with van der Waals surface area (Å²) in [4.78, 5) is 2.31. The number of rotatable bonds is 3. The molecule has 1 aliphatic heterocycles. The normalized spacial score (nSPS) is 15.3. The highest BCUT2D eigenvalue weighted by Gasteiger charge is 2.21. The molecular weight excluding hydrogens is 312 g/mol. The number of anilines is 1. The highest BCUT2D eigenvalue weighted by atomic mass is 32.1. The van der Waals surface area contributed by atoms with Gasteiger partial charge in [-0.2, -0.15) is 0 Å². The van der Waals surface area contributed by atoms with Crippen LogP contribution in [0.15, 0.2) is 48.5 Å². The highest BCUT2D eigenvalue weighted by molar-refractivity contribution is 7.80. The minimum Gasteiger partial charge on any atom is -0.349 e. The summed E-state index contributed by atoms with van der Waals surface area (Å²) in [5.74, 6) is 0.771. The third-order valence-electron chi connectivity index (χ3n) is 4.74. The lowest BCUT2D eigenvalue weighted by Crippen LogP contribution is -2.41. The molecule has 0 aromatic heterocycles. The van der Waals surface area contributed by atoms with Crippen LogP contribution in [0.25, 0.3) is 0 Å². The van der Waals surface area contributed by atoms with Gasteiger partial charge < -0.3 is 10.2 Å². The summed E-state index contributed by atoms with van der Waals surface area (Å²) >= 11 is 5.63. The number of thiocarbonyl (C=S) groups is 1. The Balaban J connectivity index is 1.51. The smallest absolute Gasteiger partial charge is 0.173 e. The second-order valence-electron chi connectivity index (χ2n) is 6.93. The Morgan fingerprint density at radius 3 is 2.29 bits per heavy atom. The number of hydrogen-bond acceptors (Lipinski definition) is 1. The Hall–Kier alpha value is -1.87. The van der Waals surface area contributed by atoms with Crippen molar-refractivity contribution in [2.45, 2.75) is 33.1 Å². The van der Waals surface area contributed by atoms with Gasteiger partial charge in [-0.3, -0.25) is 0 Å². The minimum atomic E-state index is 0.771. The molecule has 2 aromatic carbocycles. The maximum absolute atomic E-state index is 5.63. The SMILES string of the molecule is Cc1cc(C)cc(NC(=S)N2CCC(Cc3ccccc3)CC2)c1. The van der Waals surface area contributed by atoms with Crippen molar-refractivity contribution in [1.29, 1.82) is 0 Å². The predicted octanol–water partition coefficient (Wildman–Crippen LogP) is 4.95. The molecule has 1 saturated heterocycles. The minimum absolute atomic E-state index is 0.771. The van der Waals surface area contributed by atoms with Gasteiger partial charge in [0.1, 0.15) is 0 Å². The second kappa shape index (κ2) is 7.80. The molecule has 1 aliphatic rings. The van der Waals surface area contributed by atoms with E-state index in [-0.39, 0.29) is 0 Å². The molecular formula is C21H26N2S. The van der Waals surface area contributed by atoms with Gasteiger partial charge in [0.15, 0.2) is 5.11 Å². The van der Waals surface area contributed by atoms with Crippen LogP contribution in [0.5, 0.6) is 0 Å². The van der Waals surface area contributed by atoms with Crippen LogP contribution >= 0.6 is 12.2 Å². The van der Waals surface area contributed by atoms with E-state index in [1.165, 1.54) is 36.0 Å².